The third kappa shape index (κ3) is 7.00. The number of amidine groups is 1. The maximum atomic E-state index is 12.9. The average Bonchev–Trinajstić information content (AvgIpc) is 3.47. The molecule has 3 aromatic rings. The molecule has 1 aliphatic heterocycles. The average molecular weight is 531 g/mol. The highest BCUT2D eigenvalue weighted by Crippen LogP contribution is 2.32. The molecule has 4 rings (SSSR count). The zero-order valence-electron chi connectivity index (χ0n) is 19.4. The van der Waals surface area contributed by atoms with E-state index in [4.69, 9.17) is 9.15 Å². The SMILES string of the molecule is CCOc1ccc(NC(=O)CC2S/C(=N\N=C\c3ccc(-c4cccc(C(F)(F)F)c4)o3)NC2=O)cc1. The lowest BCUT2D eigenvalue weighted by Crippen LogP contribution is -2.28. The molecular weight excluding hydrogens is 509 g/mol. The van der Waals surface area contributed by atoms with Gasteiger partial charge in [0.1, 0.15) is 22.5 Å². The van der Waals surface area contributed by atoms with E-state index >= 15 is 0 Å². The lowest BCUT2D eigenvalue weighted by Gasteiger charge is -2.08. The van der Waals surface area contributed by atoms with Gasteiger partial charge in [-0.1, -0.05) is 23.9 Å². The zero-order chi connectivity index (χ0) is 26.4. The fraction of sp³-hybridized carbons (Fsp3) is 0.200. The zero-order valence-corrected chi connectivity index (χ0v) is 20.2. The first kappa shape index (κ1) is 26.0. The molecule has 1 saturated heterocycles. The van der Waals surface area contributed by atoms with Crippen molar-refractivity contribution in [2.75, 3.05) is 11.9 Å². The second kappa shape index (κ2) is 11.3. The number of nitrogens with zero attached hydrogens (tertiary/aromatic N) is 2. The van der Waals surface area contributed by atoms with Crippen LogP contribution in [0.2, 0.25) is 0 Å². The summed E-state index contributed by atoms with van der Waals surface area (Å²) in [5, 5.41) is 12.6. The van der Waals surface area contributed by atoms with Crippen LogP contribution in [0.25, 0.3) is 11.3 Å². The molecule has 0 saturated carbocycles. The Hall–Kier alpha value is -4.06. The van der Waals surface area contributed by atoms with E-state index in [0.717, 1.165) is 23.9 Å². The molecule has 2 N–H and O–H groups in total. The molecule has 2 heterocycles. The molecule has 192 valence electrons. The molecule has 37 heavy (non-hydrogen) atoms. The molecule has 2 amide bonds. The van der Waals surface area contributed by atoms with Crippen molar-refractivity contribution in [3.05, 3.63) is 72.0 Å². The minimum atomic E-state index is -4.46. The number of thioether (sulfide) groups is 1. The number of carbonyl (C=O) groups excluding carboxylic acids is 2. The molecule has 0 aliphatic carbocycles. The first-order chi connectivity index (χ1) is 17.7. The Kier molecular flexibility index (Phi) is 7.97. The first-order valence-corrected chi connectivity index (χ1v) is 12.0. The Labute approximate surface area is 214 Å². The van der Waals surface area contributed by atoms with Crippen LogP contribution in [0.3, 0.4) is 0 Å². The monoisotopic (exact) mass is 530 g/mol. The normalized spacial score (nSPS) is 16.8. The van der Waals surface area contributed by atoms with Crippen LogP contribution in [-0.4, -0.2) is 35.1 Å². The third-order valence-electron chi connectivity index (χ3n) is 5.03. The topological polar surface area (TPSA) is 105 Å². The number of rotatable bonds is 8. The van der Waals surface area contributed by atoms with Gasteiger partial charge in [-0.15, -0.1) is 5.10 Å². The van der Waals surface area contributed by atoms with Crippen LogP contribution < -0.4 is 15.4 Å². The summed E-state index contributed by atoms with van der Waals surface area (Å²) >= 11 is 1.07. The Morgan fingerprint density at radius 2 is 1.97 bits per heavy atom. The number of alkyl halides is 3. The van der Waals surface area contributed by atoms with Crippen molar-refractivity contribution in [3.63, 3.8) is 0 Å². The highest BCUT2D eigenvalue weighted by Gasteiger charge is 2.32. The van der Waals surface area contributed by atoms with Gasteiger partial charge in [-0.05, 0) is 55.5 Å². The number of hydrogen-bond donors (Lipinski definition) is 2. The van der Waals surface area contributed by atoms with Gasteiger partial charge in [0, 0.05) is 17.7 Å². The summed E-state index contributed by atoms with van der Waals surface area (Å²) in [7, 11) is 0. The number of amides is 2. The molecule has 0 bridgehead atoms. The second-order valence-electron chi connectivity index (χ2n) is 7.74. The predicted octanol–water partition coefficient (Wildman–Crippen LogP) is 5.31. The van der Waals surface area contributed by atoms with E-state index in [-0.39, 0.29) is 40.5 Å². The standard InChI is InChI=1S/C25H21F3N4O4S/c1-2-35-18-8-6-17(7-9-18)30-22(33)13-21-23(34)31-24(37-21)32-29-14-19-10-11-20(36-19)15-4-3-5-16(12-15)25(26,27)28/h3-12,14,21H,2,13H2,1H3,(H,30,33)(H,31,32,34)/b29-14+. The number of ether oxygens (including phenoxy) is 1. The van der Waals surface area contributed by atoms with Crippen molar-refractivity contribution in [2.24, 2.45) is 10.2 Å². The third-order valence-corrected chi connectivity index (χ3v) is 6.10. The Bertz CT molecular complexity index is 1340. The highest BCUT2D eigenvalue weighted by molar-refractivity contribution is 8.15. The van der Waals surface area contributed by atoms with E-state index < -0.39 is 17.0 Å². The fourth-order valence-corrected chi connectivity index (χ4v) is 4.26. The van der Waals surface area contributed by atoms with Crippen LogP contribution in [0.5, 0.6) is 5.75 Å². The lowest BCUT2D eigenvalue weighted by atomic mass is 10.1. The molecule has 12 heteroatoms. The molecule has 0 spiro atoms. The second-order valence-corrected chi connectivity index (χ2v) is 8.93. The molecule has 8 nitrogen and oxygen atoms in total. The maximum absolute atomic E-state index is 12.9. The number of anilines is 1. The van der Waals surface area contributed by atoms with Gasteiger partial charge in [-0.2, -0.15) is 18.3 Å². The van der Waals surface area contributed by atoms with Crippen LogP contribution in [-0.2, 0) is 15.8 Å². The van der Waals surface area contributed by atoms with E-state index in [1.54, 1.807) is 24.3 Å². The maximum Gasteiger partial charge on any atom is 0.416 e. The molecule has 1 unspecified atom stereocenters. The summed E-state index contributed by atoms with van der Waals surface area (Å²) < 4.78 is 49.7. The minimum absolute atomic E-state index is 0.0645. The molecule has 0 radical (unpaired) electrons. The Morgan fingerprint density at radius 3 is 2.70 bits per heavy atom. The highest BCUT2D eigenvalue weighted by atomic mass is 32.2. The van der Waals surface area contributed by atoms with Crippen molar-refractivity contribution >= 4 is 40.6 Å². The van der Waals surface area contributed by atoms with Crippen LogP contribution >= 0.6 is 11.8 Å². The molecule has 1 fully saturated rings. The molecular formula is C25H21F3N4O4S. The van der Waals surface area contributed by atoms with Crippen molar-refractivity contribution in [1.29, 1.82) is 0 Å². The van der Waals surface area contributed by atoms with Gasteiger partial charge in [0.15, 0.2) is 5.17 Å². The molecule has 1 aliphatic rings. The van der Waals surface area contributed by atoms with Gasteiger partial charge < -0.3 is 19.8 Å². The summed E-state index contributed by atoms with van der Waals surface area (Å²) in [6.07, 6.45) is -3.26. The summed E-state index contributed by atoms with van der Waals surface area (Å²) in [6.45, 7) is 2.41. The van der Waals surface area contributed by atoms with Gasteiger partial charge in [-0.3, -0.25) is 9.59 Å². The van der Waals surface area contributed by atoms with E-state index in [9.17, 15) is 22.8 Å². The van der Waals surface area contributed by atoms with Crippen LogP contribution in [0.1, 0.15) is 24.7 Å². The summed E-state index contributed by atoms with van der Waals surface area (Å²) in [4.78, 5) is 24.6. The van der Waals surface area contributed by atoms with Crippen LogP contribution in [0, 0.1) is 0 Å². The van der Waals surface area contributed by atoms with Gasteiger partial charge in [0.2, 0.25) is 11.8 Å². The smallest absolute Gasteiger partial charge is 0.416 e. The first-order valence-electron chi connectivity index (χ1n) is 11.1. The number of furan rings is 1. The molecule has 2 aromatic carbocycles. The largest absolute Gasteiger partial charge is 0.494 e. The number of carbonyl (C=O) groups is 2. The number of hydrogen-bond acceptors (Lipinski definition) is 7. The lowest BCUT2D eigenvalue weighted by molar-refractivity contribution is -0.137. The van der Waals surface area contributed by atoms with E-state index in [0.29, 0.717) is 18.0 Å². The van der Waals surface area contributed by atoms with Gasteiger partial charge in [-0.25, -0.2) is 0 Å². The Balaban J connectivity index is 1.32. The van der Waals surface area contributed by atoms with E-state index in [2.05, 4.69) is 20.8 Å². The van der Waals surface area contributed by atoms with Crippen LogP contribution in [0.4, 0.5) is 18.9 Å². The van der Waals surface area contributed by atoms with Crippen molar-refractivity contribution in [2.45, 2.75) is 24.8 Å². The van der Waals surface area contributed by atoms with Crippen LogP contribution in [0.15, 0.2) is 75.3 Å². The van der Waals surface area contributed by atoms with Gasteiger partial charge >= 0.3 is 6.18 Å². The minimum Gasteiger partial charge on any atom is -0.494 e. The number of halogens is 3. The van der Waals surface area contributed by atoms with Crippen molar-refractivity contribution < 1.29 is 31.9 Å². The van der Waals surface area contributed by atoms with Crippen molar-refractivity contribution in [1.82, 2.24) is 5.32 Å². The Morgan fingerprint density at radius 1 is 1.19 bits per heavy atom. The summed E-state index contributed by atoms with van der Waals surface area (Å²) in [5.41, 5.74) is 0.0730. The quantitative estimate of drug-likeness (QED) is 0.303. The van der Waals surface area contributed by atoms with E-state index in [1.807, 2.05) is 6.92 Å². The van der Waals surface area contributed by atoms with Crippen molar-refractivity contribution in [3.8, 4) is 17.1 Å². The number of nitrogens with one attached hydrogen (secondary N) is 2. The summed E-state index contributed by atoms with van der Waals surface area (Å²) in [5.74, 6) is 0.485. The van der Waals surface area contributed by atoms with Gasteiger partial charge in [0.25, 0.3) is 0 Å². The summed E-state index contributed by atoms with van der Waals surface area (Å²) in [6, 6.07) is 14.7. The fourth-order valence-electron chi connectivity index (χ4n) is 3.33. The number of benzene rings is 2. The van der Waals surface area contributed by atoms with Gasteiger partial charge in [0.05, 0.1) is 18.4 Å². The van der Waals surface area contributed by atoms with E-state index in [1.165, 1.54) is 30.5 Å². The molecule has 1 atom stereocenters. The predicted molar refractivity (Wildman–Crippen MR) is 135 cm³/mol. The molecule has 1 aromatic heterocycles.